The third-order valence-electron chi connectivity index (χ3n) is 2.35. The smallest absolute Gasteiger partial charge is 0.115 e. The van der Waals surface area contributed by atoms with Gasteiger partial charge < -0.3 is 10.4 Å². The van der Waals surface area contributed by atoms with Crippen molar-refractivity contribution in [3.8, 4) is 5.75 Å². The van der Waals surface area contributed by atoms with Crippen molar-refractivity contribution >= 4 is 33.2 Å². The summed E-state index contributed by atoms with van der Waals surface area (Å²) in [6.45, 7) is 0.693. The van der Waals surface area contributed by atoms with Crippen LogP contribution in [-0.4, -0.2) is 5.11 Å². The molecule has 0 fully saturated rings. The lowest BCUT2D eigenvalue weighted by Crippen LogP contribution is -1.98. The Balaban J connectivity index is 2.02. The minimum Gasteiger partial charge on any atom is -0.508 e. The van der Waals surface area contributed by atoms with Gasteiger partial charge in [0.1, 0.15) is 5.75 Å². The first-order chi connectivity index (χ1) is 8.15. The molecule has 0 aliphatic rings. The Morgan fingerprint density at radius 1 is 1.12 bits per heavy atom. The van der Waals surface area contributed by atoms with Crippen LogP contribution in [0.5, 0.6) is 5.75 Å². The number of nitrogens with one attached hydrogen (secondary N) is 1. The predicted octanol–water partition coefficient (Wildman–Crippen LogP) is 4.42. The Bertz CT molecular complexity index is 513. The van der Waals surface area contributed by atoms with Crippen LogP contribution >= 0.6 is 27.5 Å². The number of hydrogen-bond acceptors (Lipinski definition) is 2. The molecule has 0 aliphatic carbocycles. The monoisotopic (exact) mass is 311 g/mol. The van der Waals surface area contributed by atoms with Crippen LogP contribution in [0.25, 0.3) is 0 Å². The van der Waals surface area contributed by atoms with E-state index in [9.17, 15) is 0 Å². The van der Waals surface area contributed by atoms with Gasteiger partial charge in [0.05, 0.1) is 5.02 Å². The number of halogens is 2. The van der Waals surface area contributed by atoms with Crippen molar-refractivity contribution in [2.75, 3.05) is 5.32 Å². The molecule has 0 atom stereocenters. The normalized spacial score (nSPS) is 10.2. The van der Waals surface area contributed by atoms with Gasteiger partial charge in [0.2, 0.25) is 0 Å². The molecule has 0 bridgehead atoms. The standard InChI is InChI=1S/C13H11BrClNO/c14-12-6-3-10(7-13(12)15)16-8-9-1-4-11(17)5-2-9/h1-7,16-17H,8H2. The fourth-order valence-corrected chi connectivity index (χ4v) is 1.85. The van der Waals surface area contributed by atoms with Crippen molar-refractivity contribution in [1.29, 1.82) is 0 Å². The summed E-state index contributed by atoms with van der Waals surface area (Å²) in [5.41, 5.74) is 2.06. The highest BCUT2D eigenvalue weighted by Crippen LogP contribution is 2.25. The van der Waals surface area contributed by atoms with E-state index in [0.717, 1.165) is 15.7 Å². The Labute approximate surface area is 113 Å². The van der Waals surface area contributed by atoms with E-state index in [4.69, 9.17) is 16.7 Å². The van der Waals surface area contributed by atoms with Crippen molar-refractivity contribution in [3.05, 3.63) is 57.5 Å². The van der Waals surface area contributed by atoms with Crippen LogP contribution in [0.15, 0.2) is 46.9 Å². The first kappa shape index (κ1) is 12.3. The fraction of sp³-hybridized carbons (Fsp3) is 0.0769. The van der Waals surface area contributed by atoms with E-state index < -0.39 is 0 Å². The van der Waals surface area contributed by atoms with Crippen LogP contribution in [-0.2, 0) is 6.54 Å². The molecule has 2 aromatic rings. The van der Waals surface area contributed by atoms with Crippen LogP contribution in [0.1, 0.15) is 5.56 Å². The summed E-state index contributed by atoms with van der Waals surface area (Å²) < 4.78 is 0.884. The molecular formula is C13H11BrClNO. The van der Waals surface area contributed by atoms with Crippen molar-refractivity contribution in [3.63, 3.8) is 0 Å². The van der Waals surface area contributed by atoms with Gasteiger partial charge in [-0.3, -0.25) is 0 Å². The van der Waals surface area contributed by atoms with Gasteiger partial charge in [-0.2, -0.15) is 0 Å². The zero-order valence-corrected chi connectivity index (χ0v) is 11.3. The Morgan fingerprint density at radius 2 is 1.82 bits per heavy atom. The highest BCUT2D eigenvalue weighted by molar-refractivity contribution is 9.10. The molecule has 2 aromatic carbocycles. The first-order valence-electron chi connectivity index (χ1n) is 5.12. The van der Waals surface area contributed by atoms with Gasteiger partial charge in [0, 0.05) is 16.7 Å². The molecule has 0 unspecified atom stereocenters. The van der Waals surface area contributed by atoms with Gasteiger partial charge in [0.15, 0.2) is 0 Å². The average molecular weight is 313 g/mol. The van der Waals surface area contributed by atoms with E-state index in [-0.39, 0.29) is 5.75 Å². The summed E-state index contributed by atoms with van der Waals surface area (Å²) in [5.74, 6) is 0.278. The lowest BCUT2D eigenvalue weighted by atomic mass is 10.2. The molecule has 0 amide bonds. The molecule has 0 aliphatic heterocycles. The Kier molecular flexibility index (Phi) is 3.92. The molecule has 2 nitrogen and oxygen atoms in total. The molecule has 17 heavy (non-hydrogen) atoms. The van der Waals surface area contributed by atoms with E-state index in [1.807, 2.05) is 30.3 Å². The third-order valence-corrected chi connectivity index (χ3v) is 3.59. The van der Waals surface area contributed by atoms with Gasteiger partial charge in [-0.25, -0.2) is 0 Å². The van der Waals surface area contributed by atoms with Gasteiger partial charge >= 0.3 is 0 Å². The Morgan fingerprint density at radius 3 is 2.47 bits per heavy atom. The maximum atomic E-state index is 9.17. The maximum absolute atomic E-state index is 9.17. The molecular weight excluding hydrogens is 302 g/mol. The molecule has 4 heteroatoms. The van der Waals surface area contributed by atoms with E-state index >= 15 is 0 Å². The van der Waals surface area contributed by atoms with Crippen LogP contribution < -0.4 is 5.32 Å². The van der Waals surface area contributed by atoms with Crippen molar-refractivity contribution in [2.24, 2.45) is 0 Å². The van der Waals surface area contributed by atoms with Crippen LogP contribution in [0, 0.1) is 0 Å². The number of anilines is 1. The second kappa shape index (κ2) is 5.43. The van der Waals surface area contributed by atoms with Gasteiger partial charge in [-0.1, -0.05) is 23.7 Å². The summed E-state index contributed by atoms with van der Waals surface area (Å²) in [7, 11) is 0. The number of hydrogen-bond donors (Lipinski definition) is 2. The molecule has 0 saturated heterocycles. The number of rotatable bonds is 3. The van der Waals surface area contributed by atoms with Crippen molar-refractivity contribution < 1.29 is 5.11 Å². The summed E-state index contributed by atoms with van der Waals surface area (Å²) in [6.07, 6.45) is 0. The number of aromatic hydroxyl groups is 1. The van der Waals surface area contributed by atoms with Crippen molar-refractivity contribution in [2.45, 2.75) is 6.54 Å². The summed E-state index contributed by atoms with van der Waals surface area (Å²) in [6, 6.07) is 12.8. The zero-order valence-electron chi connectivity index (χ0n) is 8.95. The first-order valence-corrected chi connectivity index (χ1v) is 6.29. The summed E-state index contributed by atoms with van der Waals surface area (Å²) >= 11 is 9.34. The molecule has 0 radical (unpaired) electrons. The van der Waals surface area contributed by atoms with Crippen molar-refractivity contribution in [1.82, 2.24) is 0 Å². The summed E-state index contributed by atoms with van der Waals surface area (Å²) in [4.78, 5) is 0. The molecule has 0 heterocycles. The quantitative estimate of drug-likeness (QED) is 0.879. The van der Waals surface area contributed by atoms with Gasteiger partial charge in [-0.05, 0) is 51.8 Å². The number of phenolic OH excluding ortho intramolecular Hbond substituents is 1. The summed E-state index contributed by atoms with van der Waals surface area (Å²) in [5, 5.41) is 13.1. The van der Waals surface area contributed by atoms with E-state index in [0.29, 0.717) is 11.6 Å². The maximum Gasteiger partial charge on any atom is 0.115 e. The van der Waals surface area contributed by atoms with Crippen LogP contribution in [0.2, 0.25) is 5.02 Å². The Hall–Kier alpha value is -1.19. The number of benzene rings is 2. The second-order valence-electron chi connectivity index (χ2n) is 3.65. The second-order valence-corrected chi connectivity index (χ2v) is 4.91. The van der Waals surface area contributed by atoms with E-state index in [2.05, 4.69) is 21.2 Å². The third kappa shape index (κ3) is 3.38. The number of phenols is 1. The minimum atomic E-state index is 0.278. The molecule has 2 N–H and O–H groups in total. The molecule has 2 rings (SSSR count). The predicted molar refractivity (Wildman–Crippen MR) is 74.6 cm³/mol. The average Bonchev–Trinajstić information content (AvgIpc) is 2.33. The van der Waals surface area contributed by atoms with Crippen LogP contribution in [0.3, 0.4) is 0 Å². The lowest BCUT2D eigenvalue weighted by molar-refractivity contribution is 0.475. The fourth-order valence-electron chi connectivity index (χ4n) is 1.42. The van der Waals surface area contributed by atoms with Crippen LogP contribution in [0.4, 0.5) is 5.69 Å². The topological polar surface area (TPSA) is 32.3 Å². The van der Waals surface area contributed by atoms with E-state index in [1.54, 1.807) is 12.1 Å². The minimum absolute atomic E-state index is 0.278. The van der Waals surface area contributed by atoms with Gasteiger partial charge in [-0.15, -0.1) is 0 Å². The lowest BCUT2D eigenvalue weighted by Gasteiger charge is -2.07. The zero-order chi connectivity index (χ0) is 12.3. The molecule has 0 aromatic heterocycles. The molecule has 88 valence electrons. The highest BCUT2D eigenvalue weighted by Gasteiger charge is 1.99. The molecule has 0 saturated carbocycles. The largest absolute Gasteiger partial charge is 0.508 e. The van der Waals surface area contributed by atoms with Gasteiger partial charge in [0.25, 0.3) is 0 Å². The SMILES string of the molecule is Oc1ccc(CNc2ccc(Br)c(Cl)c2)cc1. The highest BCUT2D eigenvalue weighted by atomic mass is 79.9. The van der Waals surface area contributed by atoms with E-state index in [1.165, 1.54) is 0 Å². The molecule has 0 spiro atoms.